The zero-order valence-electron chi connectivity index (χ0n) is 14.5. The van der Waals surface area contributed by atoms with Gasteiger partial charge in [0.2, 0.25) is 0 Å². The van der Waals surface area contributed by atoms with Crippen molar-refractivity contribution in [2.45, 2.75) is 25.9 Å². The van der Waals surface area contributed by atoms with Crippen molar-refractivity contribution in [2.24, 2.45) is 0 Å². The Morgan fingerprint density at radius 3 is 2.62 bits per heavy atom. The molecule has 0 radical (unpaired) electrons. The molecule has 0 spiro atoms. The van der Waals surface area contributed by atoms with Gasteiger partial charge in [-0.05, 0) is 72.7 Å². The number of halogens is 1. The number of anilines is 1. The second-order valence-electron chi connectivity index (χ2n) is 6.36. The molecule has 3 rings (SSSR count). The predicted molar refractivity (Wildman–Crippen MR) is 110 cm³/mol. The summed E-state index contributed by atoms with van der Waals surface area (Å²) in [6, 6.07) is 12.7. The first-order valence-electron chi connectivity index (χ1n) is 8.60. The van der Waals surface area contributed by atoms with Crippen LogP contribution in [0.3, 0.4) is 0 Å². The highest BCUT2D eigenvalue weighted by Gasteiger charge is 2.19. The minimum absolute atomic E-state index is 0.0762. The number of hydrogen-bond donors (Lipinski definition) is 2. The number of carbonyl (C=O) groups excluding carboxylic acids is 2. The Morgan fingerprint density at radius 2 is 1.92 bits per heavy atom. The number of aryl methyl sites for hydroxylation is 1. The van der Waals surface area contributed by atoms with Gasteiger partial charge in [-0.2, -0.15) is 0 Å². The zero-order valence-corrected chi connectivity index (χ0v) is 16.7. The molecule has 0 aliphatic carbocycles. The monoisotopic (exact) mass is 464 g/mol. The third-order valence-electron chi connectivity index (χ3n) is 4.30. The van der Waals surface area contributed by atoms with Crippen LogP contribution in [0.4, 0.5) is 5.69 Å². The summed E-state index contributed by atoms with van der Waals surface area (Å²) in [6.07, 6.45) is 2.07. The normalized spacial score (nSPS) is 16.3. The molecule has 1 atom stereocenters. The summed E-state index contributed by atoms with van der Waals surface area (Å²) in [5.41, 5.74) is 2.60. The summed E-state index contributed by atoms with van der Waals surface area (Å²) in [4.78, 5) is 25.1. The molecular formula is C20H21IN2O3. The summed E-state index contributed by atoms with van der Waals surface area (Å²) in [5, 5.41) is 5.76. The van der Waals surface area contributed by atoms with Crippen LogP contribution in [-0.4, -0.2) is 31.1 Å². The summed E-state index contributed by atoms with van der Waals surface area (Å²) in [5.74, 6) is -0.447. The van der Waals surface area contributed by atoms with Crippen LogP contribution in [0.1, 0.15) is 39.1 Å². The lowest BCUT2D eigenvalue weighted by Gasteiger charge is -2.14. The van der Waals surface area contributed by atoms with Crippen LogP contribution in [0.15, 0.2) is 42.5 Å². The number of benzene rings is 2. The van der Waals surface area contributed by atoms with E-state index < -0.39 is 0 Å². The average molecular weight is 464 g/mol. The molecule has 0 bridgehead atoms. The van der Waals surface area contributed by atoms with Crippen LogP contribution >= 0.6 is 22.6 Å². The Balaban J connectivity index is 1.73. The van der Waals surface area contributed by atoms with Crippen LogP contribution in [0, 0.1) is 10.5 Å². The van der Waals surface area contributed by atoms with E-state index in [0.29, 0.717) is 23.4 Å². The minimum Gasteiger partial charge on any atom is -0.376 e. The maximum atomic E-state index is 12.6. The summed E-state index contributed by atoms with van der Waals surface area (Å²) < 4.78 is 6.47. The molecule has 2 aromatic rings. The highest BCUT2D eigenvalue weighted by atomic mass is 127. The van der Waals surface area contributed by atoms with E-state index in [9.17, 15) is 9.59 Å². The Hall–Kier alpha value is -1.93. The Bertz CT molecular complexity index is 799. The number of ether oxygens (including phenoxy) is 1. The number of carbonyl (C=O) groups is 2. The van der Waals surface area contributed by atoms with Gasteiger partial charge < -0.3 is 15.4 Å². The molecule has 136 valence electrons. The number of hydrogen-bond acceptors (Lipinski definition) is 3. The van der Waals surface area contributed by atoms with E-state index in [1.165, 1.54) is 0 Å². The van der Waals surface area contributed by atoms with Crippen LogP contribution < -0.4 is 10.6 Å². The Morgan fingerprint density at radius 1 is 1.15 bits per heavy atom. The Kier molecular flexibility index (Phi) is 6.26. The van der Waals surface area contributed by atoms with Gasteiger partial charge >= 0.3 is 0 Å². The van der Waals surface area contributed by atoms with Gasteiger partial charge in [0.25, 0.3) is 11.8 Å². The molecule has 5 nitrogen and oxygen atoms in total. The lowest BCUT2D eigenvalue weighted by Crippen LogP contribution is -2.32. The lowest BCUT2D eigenvalue weighted by atomic mass is 10.1. The van der Waals surface area contributed by atoms with E-state index in [-0.39, 0.29) is 17.9 Å². The second-order valence-corrected chi connectivity index (χ2v) is 7.60. The number of amides is 2. The molecule has 2 N–H and O–H groups in total. The maximum absolute atomic E-state index is 12.6. The van der Waals surface area contributed by atoms with Crippen LogP contribution in [0.25, 0.3) is 0 Å². The average Bonchev–Trinajstić information content (AvgIpc) is 3.15. The van der Waals surface area contributed by atoms with Gasteiger partial charge in [0.15, 0.2) is 0 Å². The molecule has 1 fully saturated rings. The van der Waals surface area contributed by atoms with Crippen molar-refractivity contribution in [3.63, 3.8) is 0 Å². The van der Waals surface area contributed by atoms with Crippen molar-refractivity contribution in [1.82, 2.24) is 5.32 Å². The third kappa shape index (κ3) is 4.82. The molecular weight excluding hydrogens is 443 g/mol. The fourth-order valence-electron chi connectivity index (χ4n) is 2.82. The molecule has 1 aliphatic heterocycles. The van der Waals surface area contributed by atoms with Crippen LogP contribution in [-0.2, 0) is 4.74 Å². The zero-order chi connectivity index (χ0) is 18.5. The molecule has 26 heavy (non-hydrogen) atoms. The summed E-state index contributed by atoms with van der Waals surface area (Å²) >= 11 is 2.15. The van der Waals surface area contributed by atoms with Crippen molar-refractivity contribution in [1.29, 1.82) is 0 Å². The first-order chi connectivity index (χ1) is 12.5. The fourth-order valence-corrected chi connectivity index (χ4v) is 3.31. The molecule has 1 saturated heterocycles. The molecule has 2 aromatic carbocycles. The standard InChI is InChI=1S/C20H21IN2O3/c1-13-4-6-14(7-5-13)19(24)23-18-9-8-15(21)11-17(18)20(25)22-12-16-3-2-10-26-16/h4-9,11,16H,2-3,10,12H2,1H3,(H,22,25)(H,23,24)/t16-/m1/s1. The Labute approximate surface area is 166 Å². The van der Waals surface area contributed by atoms with E-state index in [0.717, 1.165) is 28.6 Å². The third-order valence-corrected chi connectivity index (χ3v) is 4.97. The van der Waals surface area contributed by atoms with Gasteiger partial charge in [-0.25, -0.2) is 0 Å². The smallest absolute Gasteiger partial charge is 0.255 e. The summed E-state index contributed by atoms with van der Waals surface area (Å²) in [7, 11) is 0. The molecule has 0 unspecified atom stereocenters. The molecule has 1 heterocycles. The first-order valence-corrected chi connectivity index (χ1v) is 9.68. The van der Waals surface area contributed by atoms with Gasteiger partial charge in [0.05, 0.1) is 17.4 Å². The molecule has 1 aliphatic rings. The van der Waals surface area contributed by atoms with E-state index >= 15 is 0 Å². The van der Waals surface area contributed by atoms with E-state index in [4.69, 9.17) is 4.74 Å². The predicted octanol–water partition coefficient (Wildman–Crippen LogP) is 3.76. The highest BCUT2D eigenvalue weighted by Crippen LogP contribution is 2.20. The first kappa shape index (κ1) is 18.8. The van der Waals surface area contributed by atoms with Crippen LogP contribution in [0.5, 0.6) is 0 Å². The lowest BCUT2D eigenvalue weighted by molar-refractivity contribution is 0.0858. The quantitative estimate of drug-likeness (QED) is 0.663. The number of nitrogens with one attached hydrogen (secondary N) is 2. The van der Waals surface area contributed by atoms with Gasteiger partial charge in [0, 0.05) is 22.3 Å². The molecule has 6 heteroatoms. The molecule has 0 saturated carbocycles. The largest absolute Gasteiger partial charge is 0.376 e. The maximum Gasteiger partial charge on any atom is 0.255 e. The molecule has 0 aromatic heterocycles. The fraction of sp³-hybridized carbons (Fsp3) is 0.300. The topological polar surface area (TPSA) is 67.4 Å². The van der Waals surface area contributed by atoms with Gasteiger partial charge in [-0.1, -0.05) is 17.7 Å². The van der Waals surface area contributed by atoms with Crippen LogP contribution in [0.2, 0.25) is 0 Å². The van der Waals surface area contributed by atoms with Gasteiger partial charge in [0.1, 0.15) is 0 Å². The van der Waals surface area contributed by atoms with Crippen molar-refractivity contribution >= 4 is 40.1 Å². The second kappa shape index (κ2) is 8.64. The van der Waals surface area contributed by atoms with Crippen molar-refractivity contribution < 1.29 is 14.3 Å². The van der Waals surface area contributed by atoms with E-state index in [1.807, 2.05) is 25.1 Å². The van der Waals surface area contributed by atoms with E-state index in [1.54, 1.807) is 24.3 Å². The minimum atomic E-state index is -0.237. The van der Waals surface area contributed by atoms with E-state index in [2.05, 4.69) is 33.2 Å². The van der Waals surface area contributed by atoms with Crippen molar-refractivity contribution in [2.75, 3.05) is 18.5 Å². The summed E-state index contributed by atoms with van der Waals surface area (Å²) in [6.45, 7) is 3.20. The van der Waals surface area contributed by atoms with Crippen molar-refractivity contribution in [3.8, 4) is 0 Å². The number of rotatable bonds is 5. The SMILES string of the molecule is Cc1ccc(C(=O)Nc2ccc(I)cc2C(=O)NC[C@H]2CCCO2)cc1. The highest BCUT2D eigenvalue weighted by molar-refractivity contribution is 14.1. The van der Waals surface area contributed by atoms with Gasteiger partial charge in [-0.3, -0.25) is 9.59 Å². The van der Waals surface area contributed by atoms with Crippen molar-refractivity contribution in [3.05, 3.63) is 62.7 Å². The molecule has 2 amide bonds. The van der Waals surface area contributed by atoms with Gasteiger partial charge in [-0.15, -0.1) is 0 Å².